The van der Waals surface area contributed by atoms with Crippen LogP contribution in [0.15, 0.2) is 40.6 Å². The summed E-state index contributed by atoms with van der Waals surface area (Å²) in [5, 5.41) is 10.9. The lowest BCUT2D eigenvalue weighted by molar-refractivity contribution is -0.126. The van der Waals surface area contributed by atoms with E-state index in [0.717, 1.165) is 0 Å². The van der Waals surface area contributed by atoms with Crippen LogP contribution in [-0.4, -0.2) is 45.2 Å². The first-order valence-corrected chi connectivity index (χ1v) is 10.3. The molecule has 1 unspecified atom stereocenters. The van der Waals surface area contributed by atoms with Gasteiger partial charge >= 0.3 is 0 Å². The summed E-state index contributed by atoms with van der Waals surface area (Å²) < 4.78 is 21.7. The van der Waals surface area contributed by atoms with Gasteiger partial charge in [0.2, 0.25) is 6.04 Å². The molecule has 0 aliphatic carbocycles. The number of hydrogen-bond acceptors (Lipinski definition) is 8. The van der Waals surface area contributed by atoms with E-state index in [-0.39, 0.29) is 16.5 Å². The van der Waals surface area contributed by atoms with E-state index in [0.29, 0.717) is 36.1 Å². The van der Waals surface area contributed by atoms with Gasteiger partial charge in [-0.3, -0.25) is 9.59 Å². The molecule has 10 heteroatoms. The second-order valence-corrected chi connectivity index (χ2v) is 6.75. The van der Waals surface area contributed by atoms with E-state index in [1.807, 2.05) is 13.8 Å². The number of methoxy groups -OCH3 is 2. The molecule has 0 radical (unpaired) electrons. The minimum Gasteiger partial charge on any atom is -0.493 e. The molecule has 9 nitrogen and oxygen atoms in total. The van der Waals surface area contributed by atoms with E-state index >= 15 is 0 Å². The van der Waals surface area contributed by atoms with Crippen molar-refractivity contribution in [1.29, 1.82) is 0 Å². The van der Waals surface area contributed by atoms with Crippen LogP contribution < -0.4 is 24.3 Å². The molecule has 0 aromatic heterocycles. The Bertz CT molecular complexity index is 996. The molecule has 0 fully saturated rings. The average Bonchev–Trinajstić information content (AvgIpc) is 2.77. The van der Waals surface area contributed by atoms with Gasteiger partial charge in [-0.15, -0.1) is 0 Å². The van der Waals surface area contributed by atoms with E-state index in [1.54, 1.807) is 24.3 Å². The van der Waals surface area contributed by atoms with Crippen LogP contribution in [0.4, 0.5) is 11.4 Å². The largest absolute Gasteiger partial charge is 0.493 e. The molecular weight excluding hydrogens is 438 g/mol. The van der Waals surface area contributed by atoms with E-state index in [2.05, 4.69) is 15.5 Å². The number of ketones is 1. The van der Waals surface area contributed by atoms with Crippen LogP contribution in [0.3, 0.4) is 0 Å². The number of amides is 1. The minimum absolute atomic E-state index is 0.160. The maximum Gasteiger partial charge on any atom is 0.258 e. The van der Waals surface area contributed by atoms with Crippen molar-refractivity contribution in [3.8, 4) is 23.0 Å². The van der Waals surface area contributed by atoms with Gasteiger partial charge in [0.1, 0.15) is 11.4 Å². The van der Waals surface area contributed by atoms with Gasteiger partial charge in [-0.25, -0.2) is 0 Å². The van der Waals surface area contributed by atoms with Crippen LogP contribution in [-0.2, 0) is 9.59 Å². The number of ether oxygens (including phenoxy) is 4. The maximum atomic E-state index is 12.9. The van der Waals surface area contributed by atoms with Gasteiger partial charge in [0.25, 0.3) is 5.91 Å². The first-order chi connectivity index (χ1) is 15.4. The Kier molecular flexibility index (Phi) is 9.27. The van der Waals surface area contributed by atoms with Crippen molar-refractivity contribution in [2.45, 2.75) is 26.8 Å². The van der Waals surface area contributed by atoms with Crippen molar-refractivity contribution < 1.29 is 28.5 Å². The molecule has 1 N–H and O–H groups in total. The zero-order valence-electron chi connectivity index (χ0n) is 18.6. The molecule has 1 amide bonds. The fraction of sp³-hybridized carbons (Fsp3) is 0.364. The van der Waals surface area contributed by atoms with E-state index in [4.69, 9.17) is 30.5 Å². The summed E-state index contributed by atoms with van der Waals surface area (Å²) in [7, 11) is 2.86. The predicted molar refractivity (Wildman–Crippen MR) is 121 cm³/mol. The summed E-state index contributed by atoms with van der Waals surface area (Å²) >= 11 is 6.22. The molecule has 1 atom stereocenters. The van der Waals surface area contributed by atoms with Gasteiger partial charge in [0.05, 0.1) is 32.5 Å². The normalized spacial score (nSPS) is 11.7. The highest BCUT2D eigenvalue weighted by Gasteiger charge is 2.26. The highest BCUT2D eigenvalue weighted by atomic mass is 35.5. The molecule has 0 bridgehead atoms. The molecule has 32 heavy (non-hydrogen) atoms. The number of carbonyl (C=O) groups is 2. The van der Waals surface area contributed by atoms with E-state index in [9.17, 15) is 9.59 Å². The second-order valence-electron chi connectivity index (χ2n) is 6.35. The number of nitrogens with zero attached hydrogens (tertiary/aromatic N) is 2. The molecule has 2 aromatic carbocycles. The van der Waals surface area contributed by atoms with Crippen molar-refractivity contribution in [1.82, 2.24) is 0 Å². The van der Waals surface area contributed by atoms with Crippen molar-refractivity contribution in [2.24, 2.45) is 10.2 Å². The fourth-order valence-corrected chi connectivity index (χ4v) is 2.99. The van der Waals surface area contributed by atoms with Crippen molar-refractivity contribution in [3.63, 3.8) is 0 Å². The number of anilines is 1. The third kappa shape index (κ3) is 5.88. The summed E-state index contributed by atoms with van der Waals surface area (Å²) in [6, 6.07) is 6.81. The smallest absolute Gasteiger partial charge is 0.258 e. The molecule has 0 saturated carbocycles. The molecular formula is C22H26ClN3O6. The summed E-state index contributed by atoms with van der Waals surface area (Å²) in [5.41, 5.74) is 0.488. The van der Waals surface area contributed by atoms with Gasteiger partial charge in [-0.05, 0) is 45.0 Å². The second kappa shape index (κ2) is 11.9. The Morgan fingerprint density at radius 1 is 1.00 bits per heavy atom. The summed E-state index contributed by atoms with van der Waals surface area (Å²) in [4.78, 5) is 25.1. The first kappa shape index (κ1) is 24.9. The Balaban J connectivity index is 2.37. The predicted octanol–water partition coefficient (Wildman–Crippen LogP) is 4.83. The highest BCUT2D eigenvalue weighted by Crippen LogP contribution is 2.41. The third-order valence-electron chi connectivity index (χ3n) is 4.20. The quantitative estimate of drug-likeness (QED) is 0.377. The number of azo groups is 1. The molecule has 172 valence electrons. The molecule has 0 spiro atoms. The maximum absolute atomic E-state index is 12.9. The van der Waals surface area contributed by atoms with Crippen LogP contribution in [0.5, 0.6) is 23.0 Å². The van der Waals surface area contributed by atoms with Crippen molar-refractivity contribution in [2.75, 3.05) is 32.8 Å². The summed E-state index contributed by atoms with van der Waals surface area (Å²) in [6.45, 7) is 5.71. The number of hydrogen-bond donors (Lipinski definition) is 1. The monoisotopic (exact) mass is 463 g/mol. The number of halogens is 1. The lowest BCUT2D eigenvalue weighted by atomic mass is 10.2. The van der Waals surface area contributed by atoms with Gasteiger partial charge in [-0.2, -0.15) is 10.2 Å². The van der Waals surface area contributed by atoms with Crippen LogP contribution in [0.1, 0.15) is 20.8 Å². The summed E-state index contributed by atoms with van der Waals surface area (Å²) in [5.74, 6) is 0.207. The third-order valence-corrected chi connectivity index (χ3v) is 4.52. The Labute approximate surface area is 191 Å². The zero-order valence-corrected chi connectivity index (χ0v) is 19.4. The number of carbonyl (C=O) groups excluding carboxylic acids is 2. The van der Waals surface area contributed by atoms with Gasteiger partial charge in [-0.1, -0.05) is 17.7 Å². The number of rotatable bonds is 11. The lowest BCUT2D eigenvalue weighted by Crippen LogP contribution is -2.32. The minimum atomic E-state index is -1.42. The standard InChI is InChI=1S/C22H26ClN3O6/c1-6-31-17-10-8-9-15(20(17)32-7-2)25-26-18(13(3)27)22(28)24-19-14(23)11-12-16(29-4)21(19)30-5/h8-12,18H,6-7H2,1-5H3,(H,24,28). The van der Waals surface area contributed by atoms with Gasteiger partial charge in [0.15, 0.2) is 28.8 Å². The highest BCUT2D eigenvalue weighted by molar-refractivity contribution is 6.34. The van der Waals surface area contributed by atoms with Crippen molar-refractivity contribution in [3.05, 3.63) is 35.4 Å². The number of nitrogens with one attached hydrogen (secondary N) is 1. The lowest BCUT2D eigenvalue weighted by Gasteiger charge is -2.16. The molecule has 2 aromatic rings. The zero-order chi connectivity index (χ0) is 23.7. The number of benzene rings is 2. The van der Waals surface area contributed by atoms with Gasteiger partial charge in [0, 0.05) is 0 Å². The molecule has 2 rings (SSSR count). The van der Waals surface area contributed by atoms with E-state index < -0.39 is 17.7 Å². The molecule has 0 heterocycles. The van der Waals surface area contributed by atoms with Crippen LogP contribution in [0.2, 0.25) is 5.02 Å². The first-order valence-electron chi connectivity index (χ1n) is 9.89. The molecule has 0 saturated heterocycles. The topological polar surface area (TPSA) is 108 Å². The SMILES string of the molecule is CCOc1cccc(N=NC(C(C)=O)C(=O)Nc2c(Cl)ccc(OC)c2OC)c1OCC. The molecule has 0 aliphatic heterocycles. The summed E-state index contributed by atoms with van der Waals surface area (Å²) in [6.07, 6.45) is 0. The molecule has 0 aliphatic rings. The fourth-order valence-electron chi connectivity index (χ4n) is 2.79. The van der Waals surface area contributed by atoms with Crippen LogP contribution in [0.25, 0.3) is 0 Å². The number of Topliss-reactive ketones (excluding diaryl/α,β-unsaturated/α-hetero) is 1. The van der Waals surface area contributed by atoms with Crippen LogP contribution in [0, 0.1) is 0 Å². The van der Waals surface area contributed by atoms with Crippen molar-refractivity contribution >= 4 is 34.7 Å². The Hall–Kier alpha value is -3.33. The average molecular weight is 464 g/mol. The number of para-hydroxylation sites is 1. The van der Waals surface area contributed by atoms with E-state index in [1.165, 1.54) is 27.2 Å². The van der Waals surface area contributed by atoms with Crippen LogP contribution >= 0.6 is 11.6 Å². The Morgan fingerprint density at radius 3 is 2.31 bits per heavy atom. The van der Waals surface area contributed by atoms with Gasteiger partial charge < -0.3 is 24.3 Å². The Morgan fingerprint density at radius 2 is 1.72 bits per heavy atom.